The van der Waals surface area contributed by atoms with Gasteiger partial charge in [-0.05, 0) is 27.4 Å². The van der Waals surface area contributed by atoms with Crippen molar-refractivity contribution in [3.05, 3.63) is 29.8 Å². The highest BCUT2D eigenvalue weighted by Crippen LogP contribution is 2.29. The molecular weight excluding hydrogens is 141 g/mol. The molecule has 1 aromatic rings. The Labute approximate surface area is 63.3 Å². The molecule has 0 spiro atoms. The molecule has 1 nitrogen and oxygen atoms in total. The molecule has 0 N–H and O–H groups in total. The van der Waals surface area contributed by atoms with E-state index < -0.39 is 0 Å². The summed E-state index contributed by atoms with van der Waals surface area (Å²) < 4.78 is 2.22. The maximum Gasteiger partial charge on any atom is 0.0428 e. The SMILES string of the molecule is PN1CCc2ccccc21. The van der Waals surface area contributed by atoms with Crippen LogP contribution >= 0.6 is 9.39 Å². The zero-order valence-electron chi connectivity index (χ0n) is 5.75. The molecule has 0 saturated heterocycles. The van der Waals surface area contributed by atoms with Crippen molar-refractivity contribution in [3.63, 3.8) is 0 Å². The van der Waals surface area contributed by atoms with Crippen LogP contribution < -0.4 is 4.67 Å². The molecule has 0 aliphatic carbocycles. The van der Waals surface area contributed by atoms with Crippen LogP contribution in [0.1, 0.15) is 5.56 Å². The average Bonchev–Trinajstić information content (AvgIpc) is 2.34. The van der Waals surface area contributed by atoms with E-state index in [4.69, 9.17) is 0 Å². The number of para-hydroxylation sites is 1. The highest BCUT2D eigenvalue weighted by Gasteiger charge is 2.13. The molecule has 1 aliphatic heterocycles. The van der Waals surface area contributed by atoms with Gasteiger partial charge in [0.1, 0.15) is 0 Å². The largest absolute Gasteiger partial charge is 0.355 e. The predicted molar refractivity (Wildman–Crippen MR) is 47.2 cm³/mol. The lowest BCUT2D eigenvalue weighted by atomic mass is 10.2. The Morgan fingerprint density at radius 3 is 2.90 bits per heavy atom. The molecule has 1 aliphatic rings. The number of anilines is 1. The van der Waals surface area contributed by atoms with E-state index in [-0.39, 0.29) is 0 Å². The molecule has 0 saturated carbocycles. The molecule has 1 unspecified atom stereocenters. The smallest absolute Gasteiger partial charge is 0.0428 e. The van der Waals surface area contributed by atoms with Crippen molar-refractivity contribution in [2.24, 2.45) is 0 Å². The fraction of sp³-hybridized carbons (Fsp3) is 0.250. The average molecular weight is 151 g/mol. The van der Waals surface area contributed by atoms with Crippen LogP contribution in [-0.4, -0.2) is 6.54 Å². The fourth-order valence-corrected chi connectivity index (χ4v) is 1.74. The maximum atomic E-state index is 2.73. The summed E-state index contributed by atoms with van der Waals surface area (Å²) in [6.45, 7) is 1.14. The van der Waals surface area contributed by atoms with E-state index in [9.17, 15) is 0 Å². The number of hydrogen-bond acceptors (Lipinski definition) is 1. The first-order chi connectivity index (χ1) is 4.88. The van der Waals surface area contributed by atoms with Gasteiger partial charge in [-0.1, -0.05) is 18.2 Å². The van der Waals surface area contributed by atoms with E-state index >= 15 is 0 Å². The topological polar surface area (TPSA) is 3.24 Å². The third kappa shape index (κ3) is 0.819. The van der Waals surface area contributed by atoms with Gasteiger partial charge in [0.25, 0.3) is 0 Å². The van der Waals surface area contributed by atoms with E-state index in [0.717, 1.165) is 6.54 Å². The molecule has 2 heteroatoms. The van der Waals surface area contributed by atoms with Gasteiger partial charge in [-0.15, -0.1) is 0 Å². The number of nitrogens with zero attached hydrogens (tertiary/aromatic N) is 1. The lowest BCUT2D eigenvalue weighted by Crippen LogP contribution is -2.02. The Balaban J connectivity index is 2.51. The second-order valence-corrected chi connectivity index (χ2v) is 3.20. The molecule has 0 bridgehead atoms. The van der Waals surface area contributed by atoms with Crippen LogP contribution in [0, 0.1) is 0 Å². The minimum Gasteiger partial charge on any atom is -0.355 e. The molecule has 52 valence electrons. The summed E-state index contributed by atoms with van der Waals surface area (Å²) in [6, 6.07) is 8.54. The predicted octanol–water partition coefficient (Wildman–Crippen LogP) is 1.84. The first kappa shape index (κ1) is 6.18. The van der Waals surface area contributed by atoms with Crippen LogP contribution in [0.5, 0.6) is 0 Å². The third-order valence-corrected chi connectivity index (χ3v) is 2.46. The van der Waals surface area contributed by atoms with Crippen molar-refractivity contribution in [2.45, 2.75) is 6.42 Å². The second-order valence-electron chi connectivity index (χ2n) is 2.57. The van der Waals surface area contributed by atoms with Gasteiger partial charge in [-0.25, -0.2) is 0 Å². The van der Waals surface area contributed by atoms with E-state index in [1.54, 1.807) is 0 Å². The summed E-state index contributed by atoms with van der Waals surface area (Å²) >= 11 is 0. The van der Waals surface area contributed by atoms with Crippen molar-refractivity contribution < 1.29 is 0 Å². The molecule has 1 aromatic carbocycles. The number of hydrogen-bond donors (Lipinski definition) is 0. The van der Waals surface area contributed by atoms with Gasteiger partial charge in [0, 0.05) is 12.2 Å². The molecular formula is C8H10NP. The number of benzene rings is 1. The number of fused-ring (bicyclic) bond motifs is 1. The maximum absolute atomic E-state index is 2.73. The molecule has 0 fully saturated rings. The normalized spacial score (nSPS) is 15.5. The van der Waals surface area contributed by atoms with E-state index in [1.807, 2.05) is 0 Å². The first-order valence-electron chi connectivity index (χ1n) is 3.48. The lowest BCUT2D eigenvalue weighted by molar-refractivity contribution is 1.06. The van der Waals surface area contributed by atoms with Crippen molar-refractivity contribution in [1.82, 2.24) is 0 Å². The van der Waals surface area contributed by atoms with Crippen LogP contribution in [0.25, 0.3) is 0 Å². The molecule has 1 atom stereocenters. The van der Waals surface area contributed by atoms with Gasteiger partial charge in [0.05, 0.1) is 0 Å². The molecule has 1 heterocycles. The molecule has 0 aromatic heterocycles. The van der Waals surface area contributed by atoms with Gasteiger partial charge in [0.15, 0.2) is 0 Å². The van der Waals surface area contributed by atoms with Crippen LogP contribution in [0.4, 0.5) is 5.69 Å². The highest BCUT2D eigenvalue weighted by atomic mass is 31.0. The quantitative estimate of drug-likeness (QED) is 0.511. The minimum atomic E-state index is 1.14. The van der Waals surface area contributed by atoms with Crippen molar-refractivity contribution in [3.8, 4) is 0 Å². The summed E-state index contributed by atoms with van der Waals surface area (Å²) in [5.41, 5.74) is 2.84. The monoisotopic (exact) mass is 151 g/mol. The van der Waals surface area contributed by atoms with E-state index in [1.165, 1.54) is 17.7 Å². The third-order valence-electron chi connectivity index (χ3n) is 1.92. The van der Waals surface area contributed by atoms with Crippen LogP contribution in [0.2, 0.25) is 0 Å². The summed E-state index contributed by atoms with van der Waals surface area (Å²) in [5.74, 6) is 0. The standard InChI is InChI=1S/C8H10NP/c10-9-6-5-7-3-1-2-4-8(7)9/h1-4H,5-6,10H2. The minimum absolute atomic E-state index is 1.14. The van der Waals surface area contributed by atoms with Crippen LogP contribution in [-0.2, 0) is 6.42 Å². The Morgan fingerprint density at radius 1 is 1.30 bits per heavy atom. The zero-order valence-corrected chi connectivity index (χ0v) is 6.90. The van der Waals surface area contributed by atoms with E-state index in [2.05, 4.69) is 38.3 Å². The highest BCUT2D eigenvalue weighted by molar-refractivity contribution is 7.19. The van der Waals surface area contributed by atoms with Gasteiger partial charge in [0.2, 0.25) is 0 Å². The first-order valence-corrected chi connectivity index (χ1v) is 4.00. The van der Waals surface area contributed by atoms with Crippen molar-refractivity contribution in [1.29, 1.82) is 0 Å². The molecule has 2 rings (SSSR count). The Hall–Kier alpha value is -0.550. The zero-order chi connectivity index (χ0) is 6.97. The van der Waals surface area contributed by atoms with Crippen molar-refractivity contribution >= 4 is 15.1 Å². The second kappa shape index (κ2) is 2.25. The fourth-order valence-electron chi connectivity index (χ4n) is 1.36. The lowest BCUT2D eigenvalue weighted by Gasteiger charge is -2.09. The summed E-state index contributed by atoms with van der Waals surface area (Å²) in [5, 5.41) is 0. The Kier molecular flexibility index (Phi) is 1.39. The summed E-state index contributed by atoms with van der Waals surface area (Å²) in [6.07, 6.45) is 1.19. The van der Waals surface area contributed by atoms with Crippen molar-refractivity contribution in [2.75, 3.05) is 11.2 Å². The summed E-state index contributed by atoms with van der Waals surface area (Å²) in [7, 11) is 2.73. The van der Waals surface area contributed by atoms with Gasteiger partial charge < -0.3 is 4.67 Å². The van der Waals surface area contributed by atoms with Gasteiger partial charge >= 0.3 is 0 Å². The van der Waals surface area contributed by atoms with Crippen LogP contribution in [0.3, 0.4) is 0 Å². The van der Waals surface area contributed by atoms with E-state index in [0.29, 0.717) is 0 Å². The van der Waals surface area contributed by atoms with Gasteiger partial charge in [-0.3, -0.25) is 0 Å². The Bertz CT molecular complexity index is 247. The summed E-state index contributed by atoms with van der Waals surface area (Å²) in [4.78, 5) is 0. The Morgan fingerprint density at radius 2 is 2.10 bits per heavy atom. The van der Waals surface area contributed by atoms with Crippen LogP contribution in [0.15, 0.2) is 24.3 Å². The molecule has 0 amide bonds. The number of rotatable bonds is 0. The van der Waals surface area contributed by atoms with Gasteiger partial charge in [-0.2, -0.15) is 0 Å². The molecule has 0 radical (unpaired) electrons. The molecule has 10 heavy (non-hydrogen) atoms.